The minimum atomic E-state index is 0.153. The zero-order valence-electron chi connectivity index (χ0n) is 8.43. The maximum Gasteiger partial charge on any atom is 0.219 e. The van der Waals surface area contributed by atoms with Crippen molar-refractivity contribution in [3.8, 4) is 0 Å². The molecule has 0 spiro atoms. The second-order valence-electron chi connectivity index (χ2n) is 4.65. The zero-order valence-corrected chi connectivity index (χ0v) is 8.43. The van der Waals surface area contributed by atoms with Crippen LogP contribution in [0.15, 0.2) is 0 Å². The van der Waals surface area contributed by atoms with Gasteiger partial charge in [0.05, 0.1) is 12.1 Å². The quantitative estimate of drug-likeness (QED) is 0.531. The van der Waals surface area contributed by atoms with Crippen molar-refractivity contribution < 1.29 is 9.59 Å². The largest absolute Gasteiger partial charge is 0.337 e. The number of fused-ring (bicyclic) bond motifs is 4. The third kappa shape index (κ3) is 0.713. The molecule has 4 nitrogen and oxygen atoms in total. The number of amides is 2. The number of rotatable bonds is 0. The van der Waals surface area contributed by atoms with Crippen LogP contribution in [0.1, 0.15) is 13.8 Å². The van der Waals surface area contributed by atoms with Crippen molar-refractivity contribution in [2.24, 2.45) is 11.8 Å². The van der Waals surface area contributed by atoms with Gasteiger partial charge < -0.3 is 9.80 Å². The second kappa shape index (κ2) is 2.30. The lowest BCUT2D eigenvalue weighted by molar-refractivity contribution is -0.233. The molecule has 1 saturated carbocycles. The summed E-state index contributed by atoms with van der Waals surface area (Å²) < 4.78 is 0. The summed E-state index contributed by atoms with van der Waals surface area (Å²) in [5.74, 6) is 1.69. The van der Waals surface area contributed by atoms with Crippen molar-refractivity contribution in [3.63, 3.8) is 0 Å². The van der Waals surface area contributed by atoms with E-state index in [1.165, 1.54) is 0 Å². The Hall–Kier alpha value is -1.06. The minimum Gasteiger partial charge on any atom is -0.337 e. The highest BCUT2D eigenvalue weighted by Crippen LogP contribution is 2.54. The molecule has 2 heterocycles. The van der Waals surface area contributed by atoms with Crippen molar-refractivity contribution in [1.29, 1.82) is 0 Å². The molecule has 0 aromatic heterocycles. The van der Waals surface area contributed by atoms with Crippen molar-refractivity contribution in [2.75, 3.05) is 13.1 Å². The normalized spacial score (nSPS) is 42.7. The van der Waals surface area contributed by atoms with Gasteiger partial charge >= 0.3 is 0 Å². The monoisotopic (exact) mass is 194 g/mol. The van der Waals surface area contributed by atoms with Crippen molar-refractivity contribution in [3.05, 3.63) is 0 Å². The second-order valence-corrected chi connectivity index (χ2v) is 4.65. The Kier molecular flexibility index (Phi) is 1.36. The molecule has 1 aliphatic carbocycles. The standard InChI is InChI=1S/C10H14N2O2/c1-5(13)11-3-7-8-4-12(6(2)14)10(8)9(7)11/h7-10H,3-4H2,1-2H3/t7-,8-,9-,10-/m1/s1. The van der Waals surface area contributed by atoms with E-state index in [1.54, 1.807) is 13.8 Å². The Labute approximate surface area is 82.8 Å². The van der Waals surface area contributed by atoms with E-state index in [-0.39, 0.29) is 11.8 Å². The van der Waals surface area contributed by atoms with Gasteiger partial charge in [-0.05, 0) is 0 Å². The average molecular weight is 194 g/mol. The number of carbonyl (C=O) groups excluding carboxylic acids is 2. The van der Waals surface area contributed by atoms with E-state index >= 15 is 0 Å². The molecule has 0 aromatic rings. The Balaban J connectivity index is 1.72. The molecule has 4 atom stereocenters. The van der Waals surface area contributed by atoms with Gasteiger partial charge in [0.15, 0.2) is 0 Å². The first-order chi connectivity index (χ1) is 6.61. The first-order valence-electron chi connectivity index (χ1n) is 5.15. The molecular weight excluding hydrogens is 180 g/mol. The van der Waals surface area contributed by atoms with Gasteiger partial charge in [0.1, 0.15) is 0 Å². The molecule has 0 aromatic carbocycles. The number of nitrogens with zero attached hydrogens (tertiary/aromatic N) is 2. The number of likely N-dealkylation sites (tertiary alicyclic amines) is 2. The van der Waals surface area contributed by atoms with Gasteiger partial charge in [0.2, 0.25) is 11.8 Å². The molecule has 0 N–H and O–H groups in total. The fourth-order valence-corrected chi connectivity index (χ4v) is 3.28. The summed E-state index contributed by atoms with van der Waals surface area (Å²) in [6.45, 7) is 5.07. The molecule has 0 bridgehead atoms. The minimum absolute atomic E-state index is 0.153. The fraction of sp³-hybridized carbons (Fsp3) is 0.800. The predicted molar refractivity (Wildman–Crippen MR) is 49.3 cm³/mol. The molecule has 14 heavy (non-hydrogen) atoms. The molecule has 3 rings (SSSR count). The summed E-state index contributed by atoms with van der Waals surface area (Å²) in [7, 11) is 0. The van der Waals surface area contributed by atoms with Gasteiger partial charge in [-0.2, -0.15) is 0 Å². The van der Waals surface area contributed by atoms with Gasteiger partial charge in [-0.25, -0.2) is 0 Å². The average Bonchev–Trinajstić information content (AvgIpc) is 2.03. The summed E-state index contributed by atoms with van der Waals surface area (Å²) in [5, 5.41) is 0. The van der Waals surface area contributed by atoms with E-state index in [0.717, 1.165) is 13.1 Å². The SMILES string of the molecule is CC(=O)N1C[C@@H]2[C@H]3CN(C(C)=O)[C@H]3[C@@H]21. The van der Waals surface area contributed by atoms with E-state index < -0.39 is 0 Å². The molecule has 76 valence electrons. The number of hydrogen-bond acceptors (Lipinski definition) is 2. The highest BCUT2D eigenvalue weighted by molar-refractivity contribution is 5.78. The van der Waals surface area contributed by atoms with E-state index in [4.69, 9.17) is 0 Å². The lowest BCUT2D eigenvalue weighted by atomic mass is 9.53. The highest BCUT2D eigenvalue weighted by atomic mass is 16.2. The lowest BCUT2D eigenvalue weighted by Gasteiger charge is -2.73. The first-order valence-corrected chi connectivity index (χ1v) is 5.15. The Morgan fingerprint density at radius 2 is 1.29 bits per heavy atom. The number of carbonyl (C=O) groups is 2. The maximum atomic E-state index is 11.2. The maximum absolute atomic E-state index is 11.2. The van der Waals surface area contributed by atoms with Gasteiger partial charge in [-0.15, -0.1) is 0 Å². The summed E-state index contributed by atoms with van der Waals surface area (Å²) in [5.41, 5.74) is 0. The predicted octanol–water partition coefficient (Wildman–Crippen LogP) is -0.306. The summed E-state index contributed by atoms with van der Waals surface area (Å²) in [6, 6.07) is 0.713. The zero-order chi connectivity index (χ0) is 10.0. The van der Waals surface area contributed by atoms with E-state index in [2.05, 4.69) is 0 Å². The van der Waals surface area contributed by atoms with Gasteiger partial charge in [0.25, 0.3) is 0 Å². The molecule has 2 saturated heterocycles. The van der Waals surface area contributed by atoms with E-state index in [1.807, 2.05) is 9.80 Å². The Morgan fingerprint density at radius 3 is 1.57 bits per heavy atom. The Morgan fingerprint density at radius 1 is 0.929 bits per heavy atom. The summed E-state index contributed by atoms with van der Waals surface area (Å²) in [4.78, 5) is 26.2. The van der Waals surface area contributed by atoms with Crippen LogP contribution in [0.4, 0.5) is 0 Å². The Bertz CT molecular complexity index is 296. The molecule has 4 heteroatoms. The van der Waals surface area contributed by atoms with Crippen LogP contribution >= 0.6 is 0 Å². The smallest absolute Gasteiger partial charge is 0.219 e. The van der Waals surface area contributed by atoms with Crippen molar-refractivity contribution in [1.82, 2.24) is 9.80 Å². The molecule has 2 amide bonds. The molecule has 0 radical (unpaired) electrons. The first kappa shape index (κ1) is 8.26. The van der Waals surface area contributed by atoms with E-state index in [0.29, 0.717) is 23.9 Å². The van der Waals surface area contributed by atoms with Crippen LogP contribution in [0.3, 0.4) is 0 Å². The van der Waals surface area contributed by atoms with Gasteiger partial charge in [-0.3, -0.25) is 9.59 Å². The fourth-order valence-electron chi connectivity index (χ4n) is 3.28. The molecular formula is C10H14N2O2. The van der Waals surface area contributed by atoms with Crippen LogP contribution in [-0.4, -0.2) is 46.8 Å². The van der Waals surface area contributed by atoms with Crippen LogP contribution < -0.4 is 0 Å². The summed E-state index contributed by atoms with van der Waals surface area (Å²) >= 11 is 0. The van der Waals surface area contributed by atoms with Crippen LogP contribution in [0.5, 0.6) is 0 Å². The topological polar surface area (TPSA) is 40.6 Å². The third-order valence-electron chi connectivity index (χ3n) is 4.12. The van der Waals surface area contributed by atoms with Gasteiger partial charge in [0, 0.05) is 38.8 Å². The molecule has 3 fully saturated rings. The van der Waals surface area contributed by atoms with Crippen LogP contribution in [0.2, 0.25) is 0 Å². The van der Waals surface area contributed by atoms with Crippen LogP contribution in [0, 0.1) is 11.8 Å². The molecule has 3 aliphatic rings. The van der Waals surface area contributed by atoms with Crippen LogP contribution in [0.25, 0.3) is 0 Å². The molecule has 0 unspecified atom stereocenters. The van der Waals surface area contributed by atoms with Crippen molar-refractivity contribution in [2.45, 2.75) is 25.9 Å². The van der Waals surface area contributed by atoms with Crippen molar-refractivity contribution >= 4 is 11.8 Å². The van der Waals surface area contributed by atoms with E-state index in [9.17, 15) is 9.59 Å². The van der Waals surface area contributed by atoms with Crippen LogP contribution in [-0.2, 0) is 9.59 Å². The summed E-state index contributed by atoms with van der Waals surface area (Å²) in [6.07, 6.45) is 0. The molecule has 2 aliphatic heterocycles. The number of hydrogen-bond donors (Lipinski definition) is 0. The highest BCUT2D eigenvalue weighted by Gasteiger charge is 2.68. The third-order valence-corrected chi connectivity index (χ3v) is 4.12. The lowest BCUT2D eigenvalue weighted by Crippen LogP contribution is -2.86. The van der Waals surface area contributed by atoms with Gasteiger partial charge in [-0.1, -0.05) is 0 Å². The number of piperidine rings is 2.